The van der Waals surface area contributed by atoms with Crippen molar-refractivity contribution in [1.29, 1.82) is 0 Å². The fourth-order valence-corrected chi connectivity index (χ4v) is 4.48. The predicted molar refractivity (Wildman–Crippen MR) is 144 cm³/mol. The number of hydrogen-bond donors (Lipinski definition) is 4. The van der Waals surface area contributed by atoms with Gasteiger partial charge in [-0.05, 0) is 58.9 Å². The first-order valence-electron chi connectivity index (χ1n) is 11.2. The monoisotopic (exact) mass is 557 g/mol. The van der Waals surface area contributed by atoms with E-state index in [2.05, 4.69) is 44.7 Å². The lowest BCUT2D eigenvalue weighted by Crippen LogP contribution is -2.45. The van der Waals surface area contributed by atoms with Crippen molar-refractivity contribution in [3.63, 3.8) is 0 Å². The summed E-state index contributed by atoms with van der Waals surface area (Å²) in [4.78, 5) is 11.7. The van der Waals surface area contributed by atoms with Gasteiger partial charge in [-0.25, -0.2) is 0 Å². The number of allylic oxidation sites excluding steroid dienone is 1. The zero-order valence-corrected chi connectivity index (χ0v) is 22.8. The Morgan fingerprint density at radius 2 is 1.65 bits per heavy atom. The van der Waals surface area contributed by atoms with E-state index in [1.165, 1.54) is 11.3 Å². The number of benzene rings is 1. The molecule has 0 spiro atoms. The van der Waals surface area contributed by atoms with Crippen molar-refractivity contribution in [3.8, 4) is 5.88 Å². The number of aliphatic imine (C=N–C) groups is 1. The van der Waals surface area contributed by atoms with Crippen molar-refractivity contribution >= 4 is 55.9 Å². The Balaban J connectivity index is 0.000000562. The van der Waals surface area contributed by atoms with E-state index >= 15 is 0 Å². The number of aromatic hydroxyl groups is 1. The average molecular weight is 559 g/mol. The zero-order chi connectivity index (χ0) is 25.7. The van der Waals surface area contributed by atoms with Gasteiger partial charge in [-0.15, -0.1) is 0 Å². The summed E-state index contributed by atoms with van der Waals surface area (Å²) in [7, 11) is 0. The zero-order valence-electron chi connectivity index (χ0n) is 20.4. The van der Waals surface area contributed by atoms with Crippen LogP contribution in [0.2, 0.25) is 0 Å². The minimum Gasteiger partial charge on any atom is -0.492 e. The maximum atomic E-state index is 10.3. The second kappa shape index (κ2) is 16.0. The van der Waals surface area contributed by atoms with Gasteiger partial charge in [-0.1, -0.05) is 27.3 Å². The number of anilines is 1. The molecule has 1 aromatic carbocycles. The fourth-order valence-electron chi connectivity index (χ4n) is 3.19. The number of ether oxygens (including phenoxy) is 1. The number of aromatic nitrogens is 1. The molecular formula is C24H36BrN3O5S. The summed E-state index contributed by atoms with van der Waals surface area (Å²) in [5.74, 6) is 0.0659. The highest BCUT2D eigenvalue weighted by molar-refractivity contribution is 9.10. The van der Waals surface area contributed by atoms with Gasteiger partial charge in [0.1, 0.15) is 0 Å². The highest BCUT2D eigenvalue weighted by atomic mass is 79.9. The molecule has 0 saturated carbocycles. The number of thiazole rings is 1. The van der Waals surface area contributed by atoms with Crippen LogP contribution in [-0.2, 0) is 4.74 Å². The Morgan fingerprint density at radius 3 is 2.21 bits per heavy atom. The molecule has 2 atom stereocenters. The molecule has 3 heterocycles. The Bertz CT molecular complexity index is 921. The quantitative estimate of drug-likeness (QED) is 0.429. The molecule has 2 unspecified atom stereocenters. The minimum absolute atomic E-state index is 0.0659. The van der Waals surface area contributed by atoms with Crippen LogP contribution in [0.25, 0.3) is 11.6 Å². The van der Waals surface area contributed by atoms with Gasteiger partial charge >= 0.3 is 0 Å². The van der Waals surface area contributed by atoms with Crippen LogP contribution in [0.1, 0.15) is 45.1 Å². The van der Waals surface area contributed by atoms with Crippen LogP contribution < -0.4 is 4.90 Å². The fraction of sp³-hybridized carbons (Fsp3) is 0.500. The van der Waals surface area contributed by atoms with Crippen molar-refractivity contribution in [2.75, 3.05) is 37.8 Å². The molecule has 10 heteroatoms. The van der Waals surface area contributed by atoms with Gasteiger partial charge in [0.25, 0.3) is 0 Å². The third-order valence-electron chi connectivity index (χ3n) is 4.21. The summed E-state index contributed by atoms with van der Waals surface area (Å²) in [6.07, 6.45) is 4.09. The van der Waals surface area contributed by atoms with Gasteiger partial charge in [0.15, 0.2) is 5.13 Å². The molecule has 0 aliphatic carbocycles. The standard InChI is InChI=1S/C18H18BrN3O2S.3C2H6O/c1-10-8-22(9-11(2)24-10)18-21-17(23)16(25-18)5-12-7-20-15-4-3-13(19)6-14(12)15;3*1-2-3/h3-7,10-11,23H,8-9H2,1-2H3;3*3H,2H2,1H3/b12-5-;;;. The minimum atomic E-state index is 0.0659. The van der Waals surface area contributed by atoms with Crippen LogP contribution in [0, 0.1) is 0 Å². The highest BCUT2D eigenvalue weighted by Gasteiger charge is 2.25. The third-order valence-corrected chi connectivity index (χ3v) is 5.76. The third kappa shape index (κ3) is 9.44. The molecule has 1 saturated heterocycles. The summed E-state index contributed by atoms with van der Waals surface area (Å²) < 4.78 is 6.78. The molecule has 4 N–H and O–H groups in total. The molecule has 0 radical (unpaired) electrons. The summed E-state index contributed by atoms with van der Waals surface area (Å²) in [5, 5.41) is 33.8. The van der Waals surface area contributed by atoms with E-state index < -0.39 is 0 Å². The van der Waals surface area contributed by atoms with E-state index in [1.54, 1.807) is 20.8 Å². The van der Waals surface area contributed by atoms with Gasteiger partial charge in [-0.2, -0.15) is 4.98 Å². The molecular weight excluding hydrogens is 522 g/mol. The number of aliphatic hydroxyl groups is 3. The maximum Gasteiger partial charge on any atom is 0.231 e. The number of nitrogens with zero attached hydrogens (tertiary/aromatic N) is 3. The number of morpholine rings is 1. The van der Waals surface area contributed by atoms with Crippen LogP contribution in [0.4, 0.5) is 10.8 Å². The van der Waals surface area contributed by atoms with Crippen LogP contribution in [0.5, 0.6) is 5.88 Å². The van der Waals surface area contributed by atoms with E-state index in [0.717, 1.165) is 44.4 Å². The summed E-state index contributed by atoms with van der Waals surface area (Å²) >= 11 is 4.99. The lowest BCUT2D eigenvalue weighted by atomic mass is 10.1. The molecule has 4 rings (SSSR count). The van der Waals surface area contributed by atoms with Gasteiger partial charge in [0.2, 0.25) is 5.88 Å². The summed E-state index contributed by atoms with van der Waals surface area (Å²) in [5.41, 5.74) is 2.97. The number of fused-ring (bicyclic) bond motifs is 1. The predicted octanol–water partition coefficient (Wildman–Crippen LogP) is 4.48. The van der Waals surface area contributed by atoms with Gasteiger partial charge in [0, 0.05) is 54.7 Å². The van der Waals surface area contributed by atoms with Crippen molar-refractivity contribution in [1.82, 2.24) is 4.98 Å². The summed E-state index contributed by atoms with van der Waals surface area (Å²) in [6, 6.07) is 5.99. The first-order valence-corrected chi connectivity index (χ1v) is 12.8. The van der Waals surface area contributed by atoms with Crippen molar-refractivity contribution in [2.45, 2.75) is 46.8 Å². The lowest BCUT2D eigenvalue weighted by Gasteiger charge is -2.35. The lowest BCUT2D eigenvalue weighted by molar-refractivity contribution is -0.00525. The number of halogens is 1. The van der Waals surface area contributed by atoms with Crippen molar-refractivity contribution < 1.29 is 25.2 Å². The Hall–Kier alpha value is -1.82. The summed E-state index contributed by atoms with van der Waals surface area (Å²) in [6.45, 7) is 11.5. The Morgan fingerprint density at radius 1 is 1.09 bits per heavy atom. The van der Waals surface area contributed by atoms with Crippen LogP contribution >= 0.6 is 27.3 Å². The first-order chi connectivity index (χ1) is 16.2. The van der Waals surface area contributed by atoms with E-state index in [-0.39, 0.29) is 37.9 Å². The second-order valence-electron chi connectivity index (χ2n) is 7.31. The Kier molecular flexibility index (Phi) is 14.2. The number of aliphatic hydroxyl groups excluding tert-OH is 3. The van der Waals surface area contributed by atoms with E-state index in [4.69, 9.17) is 20.1 Å². The number of rotatable bonds is 2. The Labute approximate surface area is 214 Å². The van der Waals surface area contributed by atoms with E-state index in [1.807, 2.05) is 30.5 Å². The maximum absolute atomic E-state index is 10.3. The molecule has 1 aromatic heterocycles. The molecule has 190 valence electrons. The number of hydrogen-bond acceptors (Lipinski definition) is 9. The SMILES string of the molecule is CC1CN(c2nc(O)c(/C=C3/C=Nc4ccc(Br)cc43)s2)CC(C)O1.CCO.CCO.CCO. The second-order valence-corrected chi connectivity index (χ2v) is 9.24. The van der Waals surface area contributed by atoms with Crippen LogP contribution in [-0.4, -0.2) is 76.7 Å². The topological polar surface area (TPSA) is 119 Å². The largest absolute Gasteiger partial charge is 0.492 e. The smallest absolute Gasteiger partial charge is 0.231 e. The van der Waals surface area contributed by atoms with Gasteiger partial charge < -0.3 is 30.1 Å². The van der Waals surface area contributed by atoms with Gasteiger partial charge in [0.05, 0.1) is 22.8 Å². The normalized spacial score (nSPS) is 19.3. The van der Waals surface area contributed by atoms with Crippen LogP contribution in [0.15, 0.2) is 27.7 Å². The molecule has 0 amide bonds. The van der Waals surface area contributed by atoms with Crippen molar-refractivity contribution in [2.24, 2.45) is 4.99 Å². The average Bonchev–Trinajstić information content (AvgIpc) is 3.33. The van der Waals surface area contributed by atoms with E-state index in [9.17, 15) is 5.11 Å². The molecule has 0 bridgehead atoms. The molecule has 2 aliphatic heterocycles. The molecule has 2 aromatic rings. The molecule has 34 heavy (non-hydrogen) atoms. The highest BCUT2D eigenvalue weighted by Crippen LogP contribution is 2.38. The van der Waals surface area contributed by atoms with E-state index in [0.29, 0.717) is 0 Å². The molecule has 1 fully saturated rings. The van der Waals surface area contributed by atoms with Crippen molar-refractivity contribution in [3.05, 3.63) is 33.1 Å². The van der Waals surface area contributed by atoms with Crippen LogP contribution in [0.3, 0.4) is 0 Å². The molecule has 8 nitrogen and oxygen atoms in total. The first kappa shape index (κ1) is 30.2. The molecule has 2 aliphatic rings. The van der Waals surface area contributed by atoms with Gasteiger partial charge in [-0.3, -0.25) is 4.99 Å².